The van der Waals surface area contributed by atoms with Crippen molar-refractivity contribution in [2.24, 2.45) is 0 Å². The first-order valence-electron chi connectivity index (χ1n) is 23.3. The number of hydrogen-bond acceptors (Lipinski definition) is 3. The maximum atomic E-state index is 9.57. The molecule has 0 saturated heterocycles. The second kappa shape index (κ2) is 47.2. The molecule has 0 unspecified atom stereocenters. The van der Waals surface area contributed by atoms with Crippen LogP contribution in [0.5, 0.6) is 0 Å². The van der Waals surface area contributed by atoms with Crippen LogP contribution >= 0.6 is 12.4 Å². The largest absolute Gasteiger partial charge is 0.367 e. The van der Waals surface area contributed by atoms with Gasteiger partial charge >= 0.3 is 0 Å². The lowest BCUT2D eigenvalue weighted by atomic mass is 10.0. The van der Waals surface area contributed by atoms with Crippen molar-refractivity contribution < 1.29 is 10.2 Å². The minimum absolute atomic E-state index is 0. The molecule has 0 amide bonds. The van der Waals surface area contributed by atoms with Gasteiger partial charge in [0, 0.05) is 6.54 Å². The average Bonchev–Trinajstić information content (AvgIpc) is 3.09. The zero-order valence-corrected chi connectivity index (χ0v) is 35.5. The highest BCUT2D eigenvalue weighted by Crippen LogP contribution is 2.17. The van der Waals surface area contributed by atoms with Crippen molar-refractivity contribution in [2.75, 3.05) is 19.6 Å². The van der Waals surface area contributed by atoms with Gasteiger partial charge in [-0.3, -0.25) is 4.90 Å². The Hall–Kier alpha value is 0.170. The summed E-state index contributed by atoms with van der Waals surface area (Å²) >= 11 is 0. The van der Waals surface area contributed by atoms with Crippen molar-refractivity contribution in [1.29, 1.82) is 0 Å². The molecule has 0 aromatic carbocycles. The maximum absolute atomic E-state index is 9.57. The topological polar surface area (TPSA) is 43.7 Å². The van der Waals surface area contributed by atoms with Gasteiger partial charge in [-0.15, -0.1) is 12.4 Å². The number of hydrogen-bond donors (Lipinski definition) is 2. The smallest absolute Gasteiger partial charge is 0.164 e. The predicted molar refractivity (Wildman–Crippen MR) is 228 cm³/mol. The summed E-state index contributed by atoms with van der Waals surface area (Å²) in [7, 11) is 0. The molecule has 0 heterocycles. The first-order valence-corrected chi connectivity index (χ1v) is 23.3. The van der Waals surface area contributed by atoms with Crippen molar-refractivity contribution in [2.45, 2.75) is 277 Å². The number of aliphatic hydroxyl groups excluding tert-OH is 1. The molecule has 0 saturated carbocycles. The number of rotatable bonds is 44. The summed E-state index contributed by atoms with van der Waals surface area (Å²) in [5.41, 5.74) is 0. The van der Waals surface area contributed by atoms with E-state index in [0.29, 0.717) is 6.54 Å². The zero-order chi connectivity index (χ0) is 35.6. The van der Waals surface area contributed by atoms with E-state index in [4.69, 9.17) is 0 Å². The molecule has 0 aliphatic rings. The molecule has 0 bridgehead atoms. The van der Waals surface area contributed by atoms with Crippen LogP contribution in [0.25, 0.3) is 0 Å². The van der Waals surface area contributed by atoms with Gasteiger partial charge in [0.25, 0.3) is 0 Å². The Morgan fingerprint density at radius 3 is 0.600 bits per heavy atom. The van der Waals surface area contributed by atoms with E-state index in [1.807, 2.05) is 0 Å². The van der Waals surface area contributed by atoms with E-state index >= 15 is 0 Å². The molecule has 304 valence electrons. The van der Waals surface area contributed by atoms with Crippen molar-refractivity contribution in [3.8, 4) is 0 Å². The highest BCUT2D eigenvalue weighted by Gasteiger charge is 2.09. The first kappa shape index (κ1) is 52.3. The Balaban J connectivity index is 0. The van der Waals surface area contributed by atoms with E-state index in [-0.39, 0.29) is 12.4 Å². The highest BCUT2D eigenvalue weighted by molar-refractivity contribution is 5.85. The Morgan fingerprint density at radius 2 is 0.440 bits per heavy atom. The van der Waals surface area contributed by atoms with Crippen LogP contribution in [0.4, 0.5) is 0 Å². The van der Waals surface area contributed by atoms with Crippen molar-refractivity contribution in [3.63, 3.8) is 0 Å². The van der Waals surface area contributed by atoms with Crippen LogP contribution in [0.3, 0.4) is 0 Å². The minimum atomic E-state index is -1.20. The Morgan fingerprint density at radius 1 is 0.280 bits per heavy atom. The Kier molecular flexibility index (Phi) is 49.3. The molecular weight excluding hydrogens is 634 g/mol. The fourth-order valence-electron chi connectivity index (χ4n) is 7.71. The van der Waals surface area contributed by atoms with Crippen LogP contribution in [0.1, 0.15) is 271 Å². The number of unbranched alkanes of at least 4 members (excludes halogenated alkanes) is 38. The molecule has 0 aromatic rings. The molecule has 0 spiro atoms. The van der Waals surface area contributed by atoms with Crippen molar-refractivity contribution >= 4 is 12.4 Å². The molecule has 0 fully saturated rings. The van der Waals surface area contributed by atoms with Crippen LogP contribution in [0.2, 0.25) is 0 Å². The highest BCUT2D eigenvalue weighted by atomic mass is 35.5. The molecule has 2 N–H and O–H groups in total. The van der Waals surface area contributed by atoms with E-state index in [9.17, 15) is 10.2 Å². The van der Waals surface area contributed by atoms with E-state index in [1.165, 1.54) is 257 Å². The van der Waals surface area contributed by atoms with Crippen molar-refractivity contribution in [1.82, 2.24) is 4.90 Å². The Bertz CT molecular complexity index is 530. The van der Waals surface area contributed by atoms with Gasteiger partial charge in [0.15, 0.2) is 6.29 Å². The molecular formula is C46H96ClNO2. The first-order chi connectivity index (χ1) is 24.2. The lowest BCUT2D eigenvalue weighted by Crippen LogP contribution is -2.34. The molecule has 0 atom stereocenters. The second-order valence-corrected chi connectivity index (χ2v) is 16.2. The van der Waals surface area contributed by atoms with Gasteiger partial charge in [-0.05, 0) is 25.9 Å². The molecule has 0 aromatic heterocycles. The van der Waals surface area contributed by atoms with E-state index in [1.54, 1.807) is 0 Å². The summed E-state index contributed by atoms with van der Waals surface area (Å²) in [4.78, 5) is 2.30. The lowest BCUT2D eigenvalue weighted by molar-refractivity contribution is -0.0616. The quantitative estimate of drug-likeness (QED) is 0.0485. The van der Waals surface area contributed by atoms with Gasteiger partial charge in [-0.1, -0.05) is 258 Å². The van der Waals surface area contributed by atoms with Crippen LogP contribution in [0, 0.1) is 0 Å². The van der Waals surface area contributed by atoms with Gasteiger partial charge in [-0.2, -0.15) is 0 Å². The Labute approximate surface area is 323 Å². The molecule has 4 heteroatoms. The SMILES string of the molecule is CCCCCCCCCCCCCCCCCCCCCCN(CCCCCCCCCCCCCCCCCCCCCC)CC(O)O.Cl. The summed E-state index contributed by atoms with van der Waals surface area (Å²) in [5.74, 6) is 0. The number of aliphatic hydroxyl groups is 2. The van der Waals surface area contributed by atoms with Crippen LogP contribution < -0.4 is 0 Å². The number of nitrogens with zero attached hydrogens (tertiary/aromatic N) is 1. The van der Waals surface area contributed by atoms with Crippen LogP contribution in [-0.2, 0) is 0 Å². The third-order valence-electron chi connectivity index (χ3n) is 11.1. The minimum Gasteiger partial charge on any atom is -0.367 e. The summed E-state index contributed by atoms with van der Waals surface area (Å²) in [5, 5.41) is 19.1. The summed E-state index contributed by atoms with van der Waals surface area (Å²) in [6, 6.07) is 0. The average molecular weight is 731 g/mol. The molecule has 0 aliphatic carbocycles. The van der Waals surface area contributed by atoms with Crippen LogP contribution in [0.15, 0.2) is 0 Å². The number of halogens is 1. The van der Waals surface area contributed by atoms with Gasteiger partial charge in [0.2, 0.25) is 0 Å². The predicted octanol–water partition coefficient (Wildman–Crippen LogP) is 15.7. The van der Waals surface area contributed by atoms with Gasteiger partial charge in [-0.25, -0.2) is 0 Å². The fraction of sp³-hybridized carbons (Fsp3) is 1.00. The molecule has 0 radical (unpaired) electrons. The lowest BCUT2D eigenvalue weighted by Gasteiger charge is -2.23. The van der Waals surface area contributed by atoms with E-state index < -0.39 is 6.29 Å². The molecule has 50 heavy (non-hydrogen) atoms. The summed E-state index contributed by atoms with van der Waals surface area (Å²) in [6.45, 7) is 7.06. The van der Waals surface area contributed by atoms with Gasteiger partial charge in [0.1, 0.15) is 0 Å². The van der Waals surface area contributed by atoms with Crippen LogP contribution in [-0.4, -0.2) is 41.0 Å². The zero-order valence-electron chi connectivity index (χ0n) is 34.7. The third kappa shape index (κ3) is 46.2. The van der Waals surface area contributed by atoms with Gasteiger partial charge in [0.05, 0.1) is 0 Å². The maximum Gasteiger partial charge on any atom is 0.164 e. The molecule has 3 nitrogen and oxygen atoms in total. The summed E-state index contributed by atoms with van der Waals surface area (Å²) < 4.78 is 0. The fourth-order valence-corrected chi connectivity index (χ4v) is 7.71. The van der Waals surface area contributed by atoms with E-state index in [2.05, 4.69) is 18.7 Å². The monoisotopic (exact) mass is 730 g/mol. The standard InChI is InChI=1S/C46H95NO2.ClH/c1-3-5-7-9-11-13-15-17-19-21-23-25-27-29-31-33-35-37-39-41-43-47(45-46(48)49)44-42-40-38-36-34-32-30-28-26-24-22-20-18-16-14-12-10-8-6-4-2;/h46,48-49H,3-45H2,1-2H3;1H. The molecule has 0 aliphatic heterocycles. The van der Waals surface area contributed by atoms with Gasteiger partial charge < -0.3 is 10.2 Å². The van der Waals surface area contributed by atoms with E-state index in [0.717, 1.165) is 13.1 Å². The second-order valence-electron chi connectivity index (χ2n) is 16.2. The van der Waals surface area contributed by atoms with Crippen molar-refractivity contribution in [3.05, 3.63) is 0 Å². The summed E-state index contributed by atoms with van der Waals surface area (Å²) in [6.07, 6.45) is 55.3. The third-order valence-corrected chi connectivity index (χ3v) is 11.1. The normalized spacial score (nSPS) is 11.6. The molecule has 0 rings (SSSR count).